The van der Waals surface area contributed by atoms with E-state index < -0.39 is 6.17 Å². The number of aromatic nitrogens is 2. The van der Waals surface area contributed by atoms with E-state index in [1.807, 2.05) is 0 Å². The molecule has 1 N–H and O–H groups in total. The van der Waals surface area contributed by atoms with Crippen LogP contribution in [0.3, 0.4) is 0 Å². The van der Waals surface area contributed by atoms with E-state index in [0.29, 0.717) is 18.3 Å². The topological polar surface area (TPSA) is 50.2 Å². The smallest absolute Gasteiger partial charge is 0.272 e. The highest BCUT2D eigenvalue weighted by Gasteiger charge is 2.32. The molecule has 0 saturated heterocycles. The summed E-state index contributed by atoms with van der Waals surface area (Å²) in [6.07, 6.45) is -0.254. The van der Waals surface area contributed by atoms with Crippen LogP contribution in [0, 0.1) is 0 Å². The first kappa shape index (κ1) is 11.6. The first-order valence-electron chi connectivity index (χ1n) is 6.27. The largest absolute Gasteiger partial charge is 0.337 e. The number of nitrogens with zero attached hydrogens (tertiary/aromatic N) is 3. The van der Waals surface area contributed by atoms with E-state index in [9.17, 15) is 9.18 Å². The Kier molecular flexibility index (Phi) is 2.62. The number of rotatable bonds is 0. The number of carbonyl (C=O) groups excluding carboxylic acids is 1. The summed E-state index contributed by atoms with van der Waals surface area (Å²) >= 11 is 0. The van der Waals surface area contributed by atoms with Crippen molar-refractivity contribution in [2.24, 2.45) is 0 Å². The van der Waals surface area contributed by atoms with Crippen molar-refractivity contribution in [3.8, 4) is 0 Å². The minimum atomic E-state index is -1.05. The summed E-state index contributed by atoms with van der Waals surface area (Å²) in [6.45, 7) is 3.04. The van der Waals surface area contributed by atoms with Crippen LogP contribution in [-0.4, -0.2) is 46.4 Å². The minimum absolute atomic E-state index is 0.125. The maximum atomic E-state index is 13.7. The van der Waals surface area contributed by atoms with Gasteiger partial charge in [-0.2, -0.15) is 5.10 Å². The van der Waals surface area contributed by atoms with Crippen LogP contribution in [0.2, 0.25) is 0 Å². The molecule has 0 aliphatic carbocycles. The highest BCUT2D eigenvalue weighted by Crippen LogP contribution is 2.24. The monoisotopic (exact) mass is 252 g/mol. The number of carbonyl (C=O) groups is 1. The normalized spacial score (nSPS) is 27.7. The number of hydrogen-bond donors (Lipinski definition) is 1. The molecule has 1 aromatic rings. The van der Waals surface area contributed by atoms with Crippen LogP contribution >= 0.6 is 0 Å². The third-order valence-electron chi connectivity index (χ3n) is 3.65. The zero-order chi connectivity index (χ0) is 12.9. The van der Waals surface area contributed by atoms with Gasteiger partial charge in [-0.05, 0) is 6.92 Å². The first-order valence-corrected chi connectivity index (χ1v) is 6.27. The van der Waals surface area contributed by atoms with Crippen molar-refractivity contribution in [2.75, 3.05) is 13.6 Å². The minimum Gasteiger partial charge on any atom is -0.337 e. The molecule has 0 spiro atoms. The summed E-state index contributed by atoms with van der Waals surface area (Å²) in [7, 11) is 1.64. The van der Waals surface area contributed by atoms with Crippen LogP contribution in [-0.2, 0) is 19.5 Å². The Morgan fingerprint density at radius 1 is 1.44 bits per heavy atom. The van der Waals surface area contributed by atoms with E-state index in [2.05, 4.69) is 17.3 Å². The summed E-state index contributed by atoms with van der Waals surface area (Å²) in [5, 5.41) is 7.75. The van der Waals surface area contributed by atoms with E-state index in [-0.39, 0.29) is 19.0 Å². The zero-order valence-electron chi connectivity index (χ0n) is 10.6. The van der Waals surface area contributed by atoms with Crippen LogP contribution in [0.1, 0.15) is 28.7 Å². The van der Waals surface area contributed by atoms with Gasteiger partial charge in [0, 0.05) is 31.6 Å². The second-order valence-electron chi connectivity index (χ2n) is 5.22. The Bertz CT molecular complexity index is 499. The average Bonchev–Trinajstić information content (AvgIpc) is 2.59. The lowest BCUT2D eigenvalue weighted by molar-refractivity contribution is 0.0768. The molecule has 18 heavy (non-hydrogen) atoms. The van der Waals surface area contributed by atoms with Crippen molar-refractivity contribution < 1.29 is 9.18 Å². The molecule has 0 bridgehead atoms. The Morgan fingerprint density at radius 2 is 2.22 bits per heavy atom. The molecular weight excluding hydrogens is 235 g/mol. The molecule has 0 saturated carbocycles. The van der Waals surface area contributed by atoms with Gasteiger partial charge in [-0.25, -0.2) is 4.39 Å². The molecule has 0 radical (unpaired) electrons. The second-order valence-corrected chi connectivity index (χ2v) is 5.22. The fourth-order valence-corrected chi connectivity index (χ4v) is 2.71. The van der Waals surface area contributed by atoms with Crippen LogP contribution in [0.15, 0.2) is 0 Å². The van der Waals surface area contributed by atoms with E-state index in [4.69, 9.17) is 0 Å². The van der Waals surface area contributed by atoms with Crippen molar-refractivity contribution in [1.29, 1.82) is 0 Å². The molecule has 6 heteroatoms. The van der Waals surface area contributed by atoms with E-state index >= 15 is 0 Å². The summed E-state index contributed by atoms with van der Waals surface area (Å²) in [5.41, 5.74) is 2.44. The van der Waals surface area contributed by atoms with Crippen LogP contribution in [0.5, 0.6) is 0 Å². The van der Waals surface area contributed by atoms with Gasteiger partial charge in [0.15, 0.2) is 0 Å². The number of hydrogen-bond acceptors (Lipinski definition) is 3. The molecule has 1 aromatic heterocycles. The van der Waals surface area contributed by atoms with Gasteiger partial charge in [0.05, 0.1) is 18.8 Å². The maximum Gasteiger partial charge on any atom is 0.272 e. The predicted molar refractivity (Wildman–Crippen MR) is 64.1 cm³/mol. The van der Waals surface area contributed by atoms with Gasteiger partial charge in [-0.1, -0.05) is 0 Å². The molecule has 2 aliphatic rings. The molecular formula is C12H17FN4O. The molecule has 5 nitrogen and oxygen atoms in total. The lowest BCUT2D eigenvalue weighted by atomic mass is 10.0. The zero-order valence-corrected chi connectivity index (χ0v) is 10.6. The fourth-order valence-electron chi connectivity index (χ4n) is 2.71. The summed E-state index contributed by atoms with van der Waals surface area (Å²) in [6, 6.07) is 0.352. The summed E-state index contributed by atoms with van der Waals surface area (Å²) < 4.78 is 15.3. The molecule has 2 aliphatic heterocycles. The lowest BCUT2D eigenvalue weighted by Gasteiger charge is -2.20. The Labute approximate surface area is 105 Å². The van der Waals surface area contributed by atoms with Crippen LogP contribution in [0.4, 0.5) is 4.39 Å². The molecule has 1 amide bonds. The SMILES string of the molecule is C[C@@H]1Cc2nn3c(c2CN1)C(=O)N(C)CC(F)C3. The molecule has 0 fully saturated rings. The maximum absolute atomic E-state index is 13.7. The molecule has 1 unspecified atom stereocenters. The number of nitrogens with one attached hydrogen (secondary N) is 1. The highest BCUT2D eigenvalue weighted by molar-refractivity contribution is 5.94. The average molecular weight is 252 g/mol. The van der Waals surface area contributed by atoms with Crippen molar-refractivity contribution in [1.82, 2.24) is 20.0 Å². The van der Waals surface area contributed by atoms with Gasteiger partial charge in [0.1, 0.15) is 11.9 Å². The van der Waals surface area contributed by atoms with Crippen molar-refractivity contribution in [3.63, 3.8) is 0 Å². The van der Waals surface area contributed by atoms with Gasteiger partial charge in [0.25, 0.3) is 5.91 Å². The highest BCUT2D eigenvalue weighted by atomic mass is 19.1. The van der Waals surface area contributed by atoms with Crippen LogP contribution in [0.25, 0.3) is 0 Å². The molecule has 3 rings (SSSR count). The number of amides is 1. The van der Waals surface area contributed by atoms with Gasteiger partial charge >= 0.3 is 0 Å². The van der Waals surface area contributed by atoms with Gasteiger partial charge in [-0.15, -0.1) is 0 Å². The Hall–Kier alpha value is -1.43. The predicted octanol–water partition coefficient (Wildman–Crippen LogP) is 0.341. The molecule has 2 atom stereocenters. The Balaban J connectivity index is 2.09. The van der Waals surface area contributed by atoms with E-state index in [0.717, 1.165) is 17.7 Å². The van der Waals surface area contributed by atoms with Crippen molar-refractivity contribution in [3.05, 3.63) is 17.0 Å². The Morgan fingerprint density at radius 3 is 3.00 bits per heavy atom. The molecule has 0 aromatic carbocycles. The summed E-state index contributed by atoms with van der Waals surface area (Å²) in [5.74, 6) is -0.125. The lowest BCUT2D eigenvalue weighted by Crippen LogP contribution is -2.35. The number of alkyl halides is 1. The van der Waals surface area contributed by atoms with Gasteiger partial charge in [-0.3, -0.25) is 9.48 Å². The van der Waals surface area contributed by atoms with E-state index in [1.54, 1.807) is 11.7 Å². The van der Waals surface area contributed by atoms with Crippen molar-refractivity contribution >= 4 is 5.91 Å². The first-order chi connectivity index (χ1) is 8.56. The standard InChI is InChI=1S/C12H17FN4O/c1-7-3-10-9(4-14-7)11-12(18)16(2)5-8(13)6-17(11)15-10/h7-8,14H,3-6H2,1-2H3/t7-,8?/m1/s1. The number of fused-ring (bicyclic) bond motifs is 3. The quantitative estimate of drug-likeness (QED) is 0.724. The third-order valence-corrected chi connectivity index (χ3v) is 3.65. The van der Waals surface area contributed by atoms with Gasteiger partial charge in [0.2, 0.25) is 0 Å². The van der Waals surface area contributed by atoms with E-state index in [1.165, 1.54) is 4.90 Å². The van der Waals surface area contributed by atoms with Crippen LogP contribution < -0.4 is 5.32 Å². The fraction of sp³-hybridized carbons (Fsp3) is 0.667. The molecule has 98 valence electrons. The summed E-state index contributed by atoms with van der Waals surface area (Å²) in [4.78, 5) is 13.7. The number of halogens is 1. The second kappa shape index (κ2) is 4.05. The molecule has 3 heterocycles. The van der Waals surface area contributed by atoms with Crippen molar-refractivity contribution in [2.45, 2.75) is 38.6 Å². The van der Waals surface area contributed by atoms with Gasteiger partial charge < -0.3 is 10.2 Å². The third kappa shape index (κ3) is 1.71.